The summed E-state index contributed by atoms with van der Waals surface area (Å²) in [5.41, 5.74) is 0.965. The van der Waals surface area contributed by atoms with Crippen LogP contribution in [0.3, 0.4) is 0 Å². The summed E-state index contributed by atoms with van der Waals surface area (Å²) in [4.78, 5) is 12.0. The quantitative estimate of drug-likeness (QED) is 0.887. The van der Waals surface area contributed by atoms with Gasteiger partial charge in [0.1, 0.15) is 0 Å². The van der Waals surface area contributed by atoms with E-state index >= 15 is 0 Å². The number of piperidine rings is 1. The van der Waals surface area contributed by atoms with Crippen LogP contribution in [0.2, 0.25) is 0 Å². The predicted molar refractivity (Wildman–Crippen MR) is 77.3 cm³/mol. The molecule has 0 bridgehead atoms. The van der Waals surface area contributed by atoms with Crippen molar-refractivity contribution in [3.63, 3.8) is 0 Å². The van der Waals surface area contributed by atoms with Crippen molar-refractivity contribution >= 4 is 18.3 Å². The third kappa shape index (κ3) is 3.16. The van der Waals surface area contributed by atoms with Gasteiger partial charge in [0.05, 0.1) is 5.92 Å². The molecule has 2 aliphatic rings. The maximum atomic E-state index is 12.0. The summed E-state index contributed by atoms with van der Waals surface area (Å²) in [6.07, 6.45) is 2.03. The number of hydrogen-bond acceptors (Lipinski definition) is 4. The molecule has 1 atom stereocenters. The van der Waals surface area contributed by atoms with E-state index in [0.717, 1.165) is 43.0 Å². The molecule has 1 saturated heterocycles. The second-order valence-electron chi connectivity index (χ2n) is 4.91. The van der Waals surface area contributed by atoms with E-state index in [4.69, 9.17) is 9.47 Å². The number of hydrogen-bond donors (Lipinski definition) is 2. The van der Waals surface area contributed by atoms with Crippen LogP contribution in [-0.4, -0.2) is 25.8 Å². The lowest BCUT2D eigenvalue weighted by atomic mass is 9.99. The fourth-order valence-electron chi connectivity index (χ4n) is 2.53. The van der Waals surface area contributed by atoms with Crippen LogP contribution in [-0.2, 0) is 11.3 Å². The zero-order valence-electron chi connectivity index (χ0n) is 11.2. The zero-order chi connectivity index (χ0) is 13.1. The van der Waals surface area contributed by atoms with Crippen molar-refractivity contribution in [2.75, 3.05) is 19.9 Å². The molecule has 0 aromatic heterocycles. The smallest absolute Gasteiger partial charge is 0.231 e. The molecule has 6 heteroatoms. The van der Waals surface area contributed by atoms with Crippen molar-refractivity contribution in [2.24, 2.45) is 5.92 Å². The van der Waals surface area contributed by atoms with Crippen LogP contribution in [0.5, 0.6) is 11.5 Å². The summed E-state index contributed by atoms with van der Waals surface area (Å²) in [7, 11) is 0. The van der Waals surface area contributed by atoms with Crippen LogP contribution >= 0.6 is 12.4 Å². The van der Waals surface area contributed by atoms with Crippen LogP contribution in [0, 0.1) is 5.92 Å². The van der Waals surface area contributed by atoms with Crippen LogP contribution in [0.4, 0.5) is 0 Å². The molecule has 0 aliphatic carbocycles. The lowest BCUT2D eigenvalue weighted by Crippen LogP contribution is -2.40. The molecular weight excluding hydrogens is 280 g/mol. The Balaban J connectivity index is 0.00000147. The predicted octanol–water partition coefficient (Wildman–Crippen LogP) is 1.45. The molecule has 0 spiro atoms. The minimum Gasteiger partial charge on any atom is -0.454 e. The summed E-state index contributed by atoms with van der Waals surface area (Å²) in [5, 5.41) is 6.23. The average Bonchev–Trinajstić information content (AvgIpc) is 2.94. The number of ether oxygens (including phenoxy) is 2. The van der Waals surface area contributed by atoms with Gasteiger partial charge in [0.2, 0.25) is 12.7 Å². The van der Waals surface area contributed by atoms with Crippen molar-refractivity contribution in [2.45, 2.75) is 19.4 Å². The van der Waals surface area contributed by atoms with Gasteiger partial charge in [-0.15, -0.1) is 12.4 Å². The van der Waals surface area contributed by atoms with Gasteiger partial charge in [-0.1, -0.05) is 12.1 Å². The Bertz CT molecular complexity index is 475. The van der Waals surface area contributed by atoms with Crippen molar-refractivity contribution in [1.82, 2.24) is 10.6 Å². The van der Waals surface area contributed by atoms with Crippen LogP contribution < -0.4 is 20.1 Å². The molecule has 1 aromatic rings. The molecular formula is C14H19ClN2O3. The van der Waals surface area contributed by atoms with Gasteiger partial charge in [-0.25, -0.2) is 0 Å². The monoisotopic (exact) mass is 298 g/mol. The number of benzene rings is 1. The summed E-state index contributed by atoms with van der Waals surface area (Å²) >= 11 is 0. The van der Waals surface area contributed by atoms with Crippen LogP contribution in [0.15, 0.2) is 18.2 Å². The molecule has 1 aromatic carbocycles. The Kier molecular flexibility index (Phi) is 5.09. The van der Waals surface area contributed by atoms with E-state index in [1.54, 1.807) is 0 Å². The highest BCUT2D eigenvalue weighted by Crippen LogP contribution is 2.35. The van der Waals surface area contributed by atoms with Gasteiger partial charge in [-0.3, -0.25) is 4.79 Å². The Labute approximate surface area is 124 Å². The SMILES string of the molecule is Cl.O=C(NCc1cccc2c1OCO2)[C@@H]1CCCNC1. The number of nitrogens with one attached hydrogen (secondary N) is 2. The zero-order valence-corrected chi connectivity index (χ0v) is 12.0. The second-order valence-corrected chi connectivity index (χ2v) is 4.91. The largest absolute Gasteiger partial charge is 0.454 e. The van der Waals surface area contributed by atoms with Crippen LogP contribution in [0.1, 0.15) is 18.4 Å². The van der Waals surface area contributed by atoms with Gasteiger partial charge >= 0.3 is 0 Å². The normalized spacial score (nSPS) is 20.1. The Morgan fingerprint density at radius 1 is 1.40 bits per heavy atom. The third-order valence-electron chi connectivity index (χ3n) is 3.60. The van der Waals surface area contributed by atoms with E-state index in [1.165, 1.54) is 0 Å². The lowest BCUT2D eigenvalue weighted by Gasteiger charge is -2.22. The molecule has 110 valence electrons. The Morgan fingerprint density at radius 3 is 3.10 bits per heavy atom. The first-order valence-electron chi connectivity index (χ1n) is 6.70. The number of amides is 1. The molecule has 0 radical (unpaired) electrons. The van der Waals surface area contributed by atoms with Gasteiger partial charge < -0.3 is 20.1 Å². The summed E-state index contributed by atoms with van der Waals surface area (Å²) in [5.74, 6) is 1.71. The minimum absolute atomic E-state index is 0. The number of carbonyl (C=O) groups is 1. The standard InChI is InChI=1S/C14H18N2O3.ClH/c17-14(11-4-2-6-15-7-11)16-8-10-3-1-5-12-13(10)19-9-18-12;/h1,3,5,11,15H,2,4,6-9H2,(H,16,17);1H/t11-;/m1./s1. The number of fused-ring (bicyclic) bond motifs is 1. The highest BCUT2D eigenvalue weighted by atomic mass is 35.5. The molecule has 3 rings (SSSR count). The molecule has 0 unspecified atom stereocenters. The molecule has 20 heavy (non-hydrogen) atoms. The first kappa shape index (κ1) is 14.9. The molecule has 1 amide bonds. The minimum atomic E-state index is 0. The van der Waals surface area contributed by atoms with Crippen molar-refractivity contribution in [1.29, 1.82) is 0 Å². The van der Waals surface area contributed by atoms with Crippen molar-refractivity contribution in [3.05, 3.63) is 23.8 Å². The number of carbonyl (C=O) groups excluding carboxylic acids is 1. The molecule has 0 saturated carbocycles. The first-order valence-corrected chi connectivity index (χ1v) is 6.70. The van der Waals surface area contributed by atoms with Crippen molar-refractivity contribution in [3.8, 4) is 11.5 Å². The lowest BCUT2D eigenvalue weighted by molar-refractivity contribution is -0.125. The Morgan fingerprint density at radius 2 is 2.30 bits per heavy atom. The van der Waals surface area contributed by atoms with Gasteiger partial charge in [-0.05, 0) is 25.5 Å². The van der Waals surface area contributed by atoms with E-state index in [-0.39, 0.29) is 31.0 Å². The summed E-state index contributed by atoms with van der Waals surface area (Å²) in [6, 6.07) is 5.74. The molecule has 2 aliphatic heterocycles. The van der Waals surface area contributed by atoms with Crippen molar-refractivity contribution < 1.29 is 14.3 Å². The van der Waals surface area contributed by atoms with E-state index in [0.29, 0.717) is 6.54 Å². The van der Waals surface area contributed by atoms with E-state index < -0.39 is 0 Å². The number of para-hydroxylation sites is 1. The van der Waals surface area contributed by atoms with E-state index in [2.05, 4.69) is 10.6 Å². The first-order chi connectivity index (χ1) is 9.34. The number of halogens is 1. The maximum Gasteiger partial charge on any atom is 0.231 e. The highest BCUT2D eigenvalue weighted by molar-refractivity contribution is 5.85. The molecule has 2 N–H and O–H groups in total. The maximum absolute atomic E-state index is 12.0. The summed E-state index contributed by atoms with van der Waals surface area (Å²) < 4.78 is 10.7. The van der Waals surface area contributed by atoms with Gasteiger partial charge in [0, 0.05) is 18.7 Å². The molecule has 1 fully saturated rings. The second kappa shape index (κ2) is 6.81. The Hall–Kier alpha value is -1.46. The highest BCUT2D eigenvalue weighted by Gasteiger charge is 2.22. The molecule has 5 nitrogen and oxygen atoms in total. The van der Waals surface area contributed by atoms with Gasteiger partial charge in [-0.2, -0.15) is 0 Å². The van der Waals surface area contributed by atoms with E-state index in [1.807, 2.05) is 18.2 Å². The van der Waals surface area contributed by atoms with Gasteiger partial charge in [0.25, 0.3) is 0 Å². The van der Waals surface area contributed by atoms with Gasteiger partial charge in [0.15, 0.2) is 11.5 Å². The summed E-state index contributed by atoms with van der Waals surface area (Å²) in [6.45, 7) is 2.54. The fourth-order valence-corrected chi connectivity index (χ4v) is 2.53. The number of rotatable bonds is 3. The average molecular weight is 299 g/mol. The van der Waals surface area contributed by atoms with Crippen LogP contribution in [0.25, 0.3) is 0 Å². The topological polar surface area (TPSA) is 59.6 Å². The molecule has 2 heterocycles. The fraction of sp³-hybridized carbons (Fsp3) is 0.500. The van der Waals surface area contributed by atoms with E-state index in [9.17, 15) is 4.79 Å². The third-order valence-corrected chi connectivity index (χ3v) is 3.60.